The fourth-order valence-corrected chi connectivity index (χ4v) is 2.34. The fraction of sp³-hybridized carbons (Fsp3) is 0.455. The number of hydrogen-bond donors (Lipinski definition) is 2. The average Bonchev–Trinajstić information content (AvgIpc) is 2.87. The Morgan fingerprint density at radius 2 is 2.19 bits per heavy atom. The van der Waals surface area contributed by atoms with Crippen molar-refractivity contribution >= 4 is 11.3 Å². The molecule has 0 aliphatic carbocycles. The topological polar surface area (TPSA) is 53.6 Å². The van der Waals surface area contributed by atoms with Gasteiger partial charge in [0.15, 0.2) is 0 Å². The van der Waals surface area contributed by atoms with Crippen LogP contribution in [0.1, 0.15) is 42.5 Å². The molecule has 0 bridgehead atoms. The number of rotatable bonds is 4. The van der Waals surface area contributed by atoms with Crippen molar-refractivity contribution in [2.75, 3.05) is 0 Å². The van der Waals surface area contributed by atoms with Crippen LogP contribution < -0.4 is 5.32 Å². The van der Waals surface area contributed by atoms with Crippen LogP contribution in [0.2, 0.25) is 0 Å². The van der Waals surface area contributed by atoms with Crippen molar-refractivity contribution in [1.29, 1.82) is 0 Å². The van der Waals surface area contributed by atoms with Gasteiger partial charge < -0.3 is 4.98 Å². The minimum atomic E-state index is 0.201. The van der Waals surface area contributed by atoms with E-state index in [-0.39, 0.29) is 12.1 Å². The van der Waals surface area contributed by atoms with E-state index in [1.165, 1.54) is 0 Å². The Hall–Kier alpha value is -1.20. The Balaban J connectivity index is 2.00. The van der Waals surface area contributed by atoms with E-state index in [0.29, 0.717) is 0 Å². The van der Waals surface area contributed by atoms with Crippen LogP contribution in [0.5, 0.6) is 0 Å². The van der Waals surface area contributed by atoms with E-state index in [0.717, 1.165) is 16.5 Å². The number of aromatic nitrogens is 3. The van der Waals surface area contributed by atoms with Crippen LogP contribution in [0.3, 0.4) is 0 Å². The summed E-state index contributed by atoms with van der Waals surface area (Å²) in [6.07, 6.45) is 3.61. The van der Waals surface area contributed by atoms with Gasteiger partial charge in [0.05, 0.1) is 16.7 Å². The van der Waals surface area contributed by atoms with Crippen molar-refractivity contribution < 1.29 is 0 Å². The van der Waals surface area contributed by atoms with Crippen LogP contribution in [0.15, 0.2) is 17.8 Å². The zero-order valence-electron chi connectivity index (χ0n) is 9.69. The molecule has 2 aromatic heterocycles. The number of thiazole rings is 1. The second-order valence-electron chi connectivity index (χ2n) is 3.88. The maximum Gasteiger partial charge on any atom is 0.122 e. The van der Waals surface area contributed by atoms with Crippen LogP contribution in [0, 0.1) is 6.92 Å². The normalized spacial score (nSPS) is 14.9. The summed E-state index contributed by atoms with van der Waals surface area (Å²) in [5, 5.41) is 6.67. The van der Waals surface area contributed by atoms with Crippen molar-refractivity contribution in [3.05, 3.63) is 34.3 Å². The third kappa shape index (κ3) is 2.48. The van der Waals surface area contributed by atoms with Crippen molar-refractivity contribution in [3.8, 4) is 0 Å². The van der Waals surface area contributed by atoms with E-state index in [9.17, 15) is 0 Å². The highest BCUT2D eigenvalue weighted by Crippen LogP contribution is 2.19. The molecule has 0 amide bonds. The first-order valence-electron chi connectivity index (χ1n) is 5.34. The summed E-state index contributed by atoms with van der Waals surface area (Å²) < 4.78 is 0. The second-order valence-corrected chi connectivity index (χ2v) is 4.94. The zero-order valence-corrected chi connectivity index (χ0v) is 10.5. The lowest BCUT2D eigenvalue weighted by Crippen LogP contribution is -2.23. The lowest BCUT2D eigenvalue weighted by atomic mass is 10.2. The summed E-state index contributed by atoms with van der Waals surface area (Å²) >= 11 is 1.68. The molecule has 0 aliphatic heterocycles. The van der Waals surface area contributed by atoms with E-state index >= 15 is 0 Å². The van der Waals surface area contributed by atoms with Gasteiger partial charge in [-0.3, -0.25) is 5.32 Å². The molecule has 2 heterocycles. The zero-order chi connectivity index (χ0) is 11.5. The number of imidazole rings is 1. The van der Waals surface area contributed by atoms with Crippen LogP contribution in [0.25, 0.3) is 0 Å². The van der Waals surface area contributed by atoms with E-state index in [1.54, 1.807) is 17.5 Å². The van der Waals surface area contributed by atoms with E-state index in [2.05, 4.69) is 39.5 Å². The Morgan fingerprint density at radius 3 is 2.75 bits per heavy atom. The number of nitrogens with zero attached hydrogens (tertiary/aromatic N) is 2. The van der Waals surface area contributed by atoms with Crippen LogP contribution in [-0.4, -0.2) is 15.0 Å². The molecule has 4 nitrogen and oxygen atoms in total. The number of nitrogens with one attached hydrogen (secondary N) is 2. The van der Waals surface area contributed by atoms with Crippen LogP contribution in [0.4, 0.5) is 0 Å². The summed E-state index contributed by atoms with van der Waals surface area (Å²) in [6.45, 7) is 6.24. The molecule has 0 spiro atoms. The average molecular weight is 236 g/mol. The number of aromatic amines is 1. The SMILES string of the molecule is Cc1nc(C(C)NC(C)c2ncc[nH]2)cs1. The minimum Gasteiger partial charge on any atom is -0.347 e. The molecule has 16 heavy (non-hydrogen) atoms. The number of hydrogen-bond acceptors (Lipinski definition) is 4. The van der Waals surface area contributed by atoms with Gasteiger partial charge in [0.25, 0.3) is 0 Å². The summed E-state index contributed by atoms with van der Waals surface area (Å²) in [5.41, 5.74) is 1.10. The Kier molecular flexibility index (Phi) is 3.36. The molecule has 2 unspecified atom stereocenters. The van der Waals surface area contributed by atoms with Crippen LogP contribution >= 0.6 is 11.3 Å². The van der Waals surface area contributed by atoms with E-state index < -0.39 is 0 Å². The third-order valence-corrected chi connectivity index (χ3v) is 3.30. The quantitative estimate of drug-likeness (QED) is 0.858. The minimum absolute atomic E-state index is 0.201. The third-order valence-electron chi connectivity index (χ3n) is 2.51. The van der Waals surface area contributed by atoms with Gasteiger partial charge in [-0.25, -0.2) is 9.97 Å². The predicted octanol–water partition coefficient (Wildman–Crippen LogP) is 2.59. The molecule has 0 saturated carbocycles. The number of H-pyrrole nitrogens is 1. The highest BCUT2D eigenvalue weighted by Gasteiger charge is 2.14. The van der Waals surface area contributed by atoms with Crippen LogP contribution in [-0.2, 0) is 0 Å². The first-order valence-corrected chi connectivity index (χ1v) is 6.22. The molecule has 0 aromatic carbocycles. The molecule has 2 rings (SSSR count). The summed E-state index contributed by atoms with van der Waals surface area (Å²) in [4.78, 5) is 11.8. The molecule has 0 radical (unpaired) electrons. The second kappa shape index (κ2) is 4.76. The highest BCUT2D eigenvalue weighted by atomic mass is 32.1. The summed E-state index contributed by atoms with van der Waals surface area (Å²) in [5.74, 6) is 0.957. The molecular formula is C11H16N4S. The van der Waals surface area contributed by atoms with E-state index in [1.807, 2.05) is 13.1 Å². The van der Waals surface area contributed by atoms with Gasteiger partial charge in [-0.2, -0.15) is 0 Å². The van der Waals surface area contributed by atoms with E-state index in [4.69, 9.17) is 0 Å². The van der Waals surface area contributed by atoms with Crippen molar-refractivity contribution in [2.45, 2.75) is 32.9 Å². The smallest absolute Gasteiger partial charge is 0.122 e. The molecule has 0 fully saturated rings. The first kappa shape index (κ1) is 11.3. The van der Waals surface area contributed by atoms with Gasteiger partial charge in [-0.15, -0.1) is 11.3 Å². The maximum atomic E-state index is 4.47. The van der Waals surface area contributed by atoms with Gasteiger partial charge >= 0.3 is 0 Å². The molecule has 5 heteroatoms. The monoisotopic (exact) mass is 236 g/mol. The van der Waals surface area contributed by atoms with Gasteiger partial charge in [0.1, 0.15) is 5.82 Å². The lowest BCUT2D eigenvalue weighted by molar-refractivity contribution is 0.473. The molecule has 2 N–H and O–H groups in total. The lowest BCUT2D eigenvalue weighted by Gasteiger charge is -2.16. The summed E-state index contributed by atoms with van der Waals surface area (Å²) in [7, 11) is 0. The van der Waals surface area contributed by atoms with Crippen molar-refractivity contribution in [1.82, 2.24) is 20.3 Å². The molecule has 86 valence electrons. The van der Waals surface area contributed by atoms with Gasteiger partial charge in [0.2, 0.25) is 0 Å². The van der Waals surface area contributed by atoms with Gasteiger partial charge in [0, 0.05) is 23.8 Å². The summed E-state index contributed by atoms with van der Waals surface area (Å²) in [6, 6.07) is 0.442. The molecular weight excluding hydrogens is 220 g/mol. The first-order chi connectivity index (χ1) is 7.66. The molecule has 2 atom stereocenters. The molecule has 0 saturated heterocycles. The van der Waals surface area contributed by atoms with Crippen molar-refractivity contribution in [3.63, 3.8) is 0 Å². The predicted molar refractivity (Wildman–Crippen MR) is 65.4 cm³/mol. The Morgan fingerprint density at radius 1 is 1.38 bits per heavy atom. The number of aryl methyl sites for hydroxylation is 1. The van der Waals surface area contributed by atoms with Gasteiger partial charge in [-0.05, 0) is 20.8 Å². The fourth-order valence-electron chi connectivity index (χ4n) is 1.63. The maximum absolute atomic E-state index is 4.47. The van der Waals surface area contributed by atoms with Crippen molar-refractivity contribution in [2.24, 2.45) is 0 Å². The molecule has 2 aromatic rings. The largest absolute Gasteiger partial charge is 0.347 e. The Bertz CT molecular complexity index is 435. The standard InChI is InChI=1S/C11H16N4S/c1-7(10-6-16-9(3)15-10)14-8(2)11-12-4-5-13-11/h4-8,14H,1-3H3,(H,12,13). The highest BCUT2D eigenvalue weighted by molar-refractivity contribution is 7.09. The van der Waals surface area contributed by atoms with Gasteiger partial charge in [-0.1, -0.05) is 0 Å². The molecule has 0 aliphatic rings. The Labute approximate surface area is 99.2 Å².